The molecule has 1 aromatic carbocycles. The first-order chi connectivity index (χ1) is 13.4. The van der Waals surface area contributed by atoms with Gasteiger partial charge in [0.05, 0.1) is 11.2 Å². The lowest BCUT2D eigenvalue weighted by Gasteiger charge is -2.06. The first kappa shape index (κ1) is 19.4. The second-order valence-electron chi connectivity index (χ2n) is 6.03. The molecule has 0 aliphatic carbocycles. The van der Waals surface area contributed by atoms with Crippen molar-refractivity contribution in [2.75, 3.05) is 11.9 Å². The summed E-state index contributed by atoms with van der Waals surface area (Å²) in [5, 5.41) is 4.87. The maximum atomic E-state index is 13.8. The van der Waals surface area contributed by atoms with Gasteiger partial charge in [0.25, 0.3) is 11.8 Å². The molecule has 0 unspecified atom stereocenters. The molecular formula is C19H17F3N4O2. The van der Waals surface area contributed by atoms with Gasteiger partial charge in [0.1, 0.15) is 0 Å². The molecule has 2 aromatic heterocycles. The Hall–Kier alpha value is -3.36. The van der Waals surface area contributed by atoms with Gasteiger partial charge >= 0.3 is 0 Å². The van der Waals surface area contributed by atoms with Gasteiger partial charge in [0, 0.05) is 12.7 Å². The summed E-state index contributed by atoms with van der Waals surface area (Å²) in [5.74, 6) is -6.10. The second-order valence-corrected chi connectivity index (χ2v) is 6.03. The van der Waals surface area contributed by atoms with Crippen LogP contribution < -0.4 is 10.6 Å². The summed E-state index contributed by atoms with van der Waals surface area (Å²) in [6.07, 6.45) is 3.21. The number of imidazole rings is 1. The fourth-order valence-corrected chi connectivity index (χ4v) is 2.63. The highest BCUT2D eigenvalue weighted by Gasteiger charge is 2.23. The van der Waals surface area contributed by atoms with Crippen LogP contribution in [0.2, 0.25) is 0 Å². The quantitative estimate of drug-likeness (QED) is 0.499. The normalized spacial score (nSPS) is 10.9. The predicted molar refractivity (Wildman–Crippen MR) is 96.7 cm³/mol. The van der Waals surface area contributed by atoms with Crippen molar-refractivity contribution in [3.63, 3.8) is 0 Å². The summed E-state index contributed by atoms with van der Waals surface area (Å²) in [6.45, 7) is 2.45. The molecule has 0 fully saturated rings. The van der Waals surface area contributed by atoms with Gasteiger partial charge in [-0.15, -0.1) is 0 Å². The van der Waals surface area contributed by atoms with E-state index in [1.165, 1.54) is 10.6 Å². The number of carbonyl (C=O) groups excluding carboxylic acids is 2. The molecular weight excluding hydrogens is 373 g/mol. The van der Waals surface area contributed by atoms with Crippen LogP contribution in [0.4, 0.5) is 18.9 Å². The van der Waals surface area contributed by atoms with Crippen LogP contribution >= 0.6 is 0 Å². The van der Waals surface area contributed by atoms with Crippen molar-refractivity contribution in [1.82, 2.24) is 14.7 Å². The molecule has 0 bridgehead atoms. The molecule has 6 nitrogen and oxygen atoms in total. The van der Waals surface area contributed by atoms with Crippen molar-refractivity contribution >= 4 is 23.0 Å². The summed E-state index contributed by atoms with van der Waals surface area (Å²) >= 11 is 0. The van der Waals surface area contributed by atoms with E-state index in [0.29, 0.717) is 18.1 Å². The van der Waals surface area contributed by atoms with Gasteiger partial charge in [-0.2, -0.15) is 0 Å². The molecule has 0 saturated carbocycles. The summed E-state index contributed by atoms with van der Waals surface area (Å²) in [5.41, 5.74) is -0.120. The third kappa shape index (κ3) is 3.68. The van der Waals surface area contributed by atoms with Crippen LogP contribution in [0.5, 0.6) is 0 Å². The van der Waals surface area contributed by atoms with E-state index in [1.54, 1.807) is 18.2 Å². The number of hydrogen-bond donors (Lipinski definition) is 2. The van der Waals surface area contributed by atoms with Gasteiger partial charge in [0.15, 0.2) is 23.1 Å². The molecule has 2 amide bonds. The van der Waals surface area contributed by atoms with Crippen LogP contribution in [-0.4, -0.2) is 27.7 Å². The van der Waals surface area contributed by atoms with E-state index in [0.717, 1.165) is 18.9 Å². The Kier molecular flexibility index (Phi) is 5.62. The van der Waals surface area contributed by atoms with Gasteiger partial charge in [-0.25, -0.2) is 18.2 Å². The Bertz CT molecular complexity index is 1050. The monoisotopic (exact) mass is 390 g/mol. The van der Waals surface area contributed by atoms with E-state index < -0.39 is 35.0 Å². The number of hydrogen-bond acceptors (Lipinski definition) is 3. The Morgan fingerprint density at radius 3 is 2.61 bits per heavy atom. The van der Waals surface area contributed by atoms with Gasteiger partial charge in [0.2, 0.25) is 5.82 Å². The summed E-state index contributed by atoms with van der Waals surface area (Å²) < 4.78 is 41.6. The fourth-order valence-electron chi connectivity index (χ4n) is 2.63. The molecule has 146 valence electrons. The van der Waals surface area contributed by atoms with Gasteiger partial charge in [-0.1, -0.05) is 19.4 Å². The van der Waals surface area contributed by atoms with Crippen LogP contribution in [0.3, 0.4) is 0 Å². The largest absolute Gasteiger partial charge is 0.351 e. The number of unbranched alkanes of at least 4 members (excludes halogenated alkanes) is 1. The van der Waals surface area contributed by atoms with E-state index >= 15 is 0 Å². The maximum Gasteiger partial charge on any atom is 0.292 e. The molecule has 0 spiro atoms. The summed E-state index contributed by atoms with van der Waals surface area (Å²) in [6, 6.07) is 6.51. The Labute approximate surface area is 158 Å². The molecule has 0 saturated heterocycles. The average Bonchev–Trinajstić information content (AvgIpc) is 3.08. The minimum absolute atomic E-state index is 0.0348. The van der Waals surface area contributed by atoms with Gasteiger partial charge in [-0.05, 0) is 30.7 Å². The first-order valence-electron chi connectivity index (χ1n) is 8.64. The average molecular weight is 390 g/mol. The number of rotatable bonds is 6. The van der Waals surface area contributed by atoms with Gasteiger partial charge in [-0.3, -0.25) is 14.0 Å². The van der Waals surface area contributed by atoms with Crippen LogP contribution in [0.25, 0.3) is 5.52 Å². The van der Waals surface area contributed by atoms with Crippen LogP contribution in [0, 0.1) is 17.5 Å². The highest BCUT2D eigenvalue weighted by Crippen LogP contribution is 2.21. The minimum Gasteiger partial charge on any atom is -0.351 e. The number of aromatic nitrogens is 2. The third-order valence-corrected chi connectivity index (χ3v) is 4.07. The topological polar surface area (TPSA) is 75.5 Å². The molecule has 3 aromatic rings. The number of halogens is 3. The zero-order chi connectivity index (χ0) is 20.3. The van der Waals surface area contributed by atoms with Crippen molar-refractivity contribution in [3.05, 3.63) is 65.5 Å². The lowest BCUT2D eigenvalue weighted by molar-refractivity contribution is 0.0950. The van der Waals surface area contributed by atoms with Crippen molar-refractivity contribution in [2.45, 2.75) is 19.8 Å². The zero-order valence-electron chi connectivity index (χ0n) is 14.9. The number of nitrogens with one attached hydrogen (secondary N) is 2. The van der Waals surface area contributed by atoms with Crippen molar-refractivity contribution in [2.24, 2.45) is 0 Å². The summed E-state index contributed by atoms with van der Waals surface area (Å²) in [4.78, 5) is 29.0. The van der Waals surface area contributed by atoms with Crippen molar-refractivity contribution < 1.29 is 22.8 Å². The number of amides is 2. The Morgan fingerprint density at radius 1 is 1.07 bits per heavy atom. The third-order valence-electron chi connectivity index (χ3n) is 4.07. The fraction of sp³-hybridized carbons (Fsp3) is 0.211. The van der Waals surface area contributed by atoms with Crippen LogP contribution in [0.15, 0.2) is 36.5 Å². The number of nitrogens with zero attached hydrogens (tertiary/aromatic N) is 2. The highest BCUT2D eigenvalue weighted by molar-refractivity contribution is 6.06. The summed E-state index contributed by atoms with van der Waals surface area (Å²) in [7, 11) is 0. The second kappa shape index (κ2) is 8.12. The van der Waals surface area contributed by atoms with Crippen molar-refractivity contribution in [1.29, 1.82) is 0 Å². The number of benzene rings is 1. The number of pyridine rings is 1. The van der Waals surface area contributed by atoms with Crippen molar-refractivity contribution in [3.8, 4) is 0 Å². The van der Waals surface area contributed by atoms with Gasteiger partial charge < -0.3 is 10.6 Å². The molecule has 0 radical (unpaired) electrons. The van der Waals surface area contributed by atoms with E-state index in [-0.39, 0.29) is 11.5 Å². The standard InChI is InChI=1S/C19H17F3N4O2/c1-2-3-9-23-18(27)16-13-6-4-5-10-26(13)17(25-16)19(28)24-12-8-7-11(20)14(21)15(12)22/h4-8,10H,2-3,9H2,1H3,(H,23,27)(H,24,28). The maximum absolute atomic E-state index is 13.8. The first-order valence-corrected chi connectivity index (χ1v) is 8.64. The van der Waals surface area contributed by atoms with E-state index in [9.17, 15) is 22.8 Å². The minimum atomic E-state index is -1.69. The Morgan fingerprint density at radius 2 is 1.86 bits per heavy atom. The Balaban J connectivity index is 1.94. The molecule has 3 rings (SSSR count). The molecule has 2 N–H and O–H groups in total. The lowest BCUT2D eigenvalue weighted by atomic mass is 10.2. The SMILES string of the molecule is CCCCNC(=O)c1nc(C(=O)Nc2ccc(F)c(F)c2F)n2ccccc12. The molecule has 2 heterocycles. The molecule has 0 aliphatic heterocycles. The highest BCUT2D eigenvalue weighted by atomic mass is 19.2. The number of anilines is 1. The molecule has 9 heteroatoms. The van der Waals surface area contributed by atoms with E-state index in [2.05, 4.69) is 15.6 Å². The number of fused-ring (bicyclic) bond motifs is 1. The molecule has 0 aliphatic rings. The van der Waals surface area contributed by atoms with E-state index in [4.69, 9.17) is 0 Å². The zero-order valence-corrected chi connectivity index (χ0v) is 14.9. The number of carbonyl (C=O) groups is 2. The molecule has 0 atom stereocenters. The predicted octanol–water partition coefficient (Wildman–Crippen LogP) is 3.53. The van der Waals surface area contributed by atoms with Crippen LogP contribution in [-0.2, 0) is 0 Å². The van der Waals surface area contributed by atoms with Crippen LogP contribution in [0.1, 0.15) is 40.9 Å². The smallest absolute Gasteiger partial charge is 0.292 e. The van der Waals surface area contributed by atoms with E-state index in [1.807, 2.05) is 6.92 Å². The lowest BCUT2D eigenvalue weighted by Crippen LogP contribution is -2.25. The molecule has 28 heavy (non-hydrogen) atoms.